The molecule has 4 rings (SSSR count). The number of hydrogen-bond acceptors (Lipinski definition) is 13. The van der Waals surface area contributed by atoms with Gasteiger partial charge in [-0.15, -0.1) is 0 Å². The topological polar surface area (TPSA) is 168 Å². The number of aliphatic hydroxyl groups is 1. The SMILES string of the molecule is CC[C@H]1OC(=O)C(C)C(=O)[C@H](C)[C@@H](OC2OC(CN3CCN(C(C)=O)CC3)CC(N(C)C)C2O)[C@](C)(OC)C[C@@H](C)CN[C@H](C)[C@H]2NC(=O)O[C@@]21C. The first-order valence-electron chi connectivity index (χ1n) is 19.0. The Bertz CT molecular complexity index is 1270. The van der Waals surface area contributed by atoms with Crippen LogP contribution in [0, 0.1) is 17.8 Å². The molecule has 4 aliphatic heterocycles. The number of piperazine rings is 1. The zero-order valence-electron chi connectivity index (χ0n) is 33.2. The van der Waals surface area contributed by atoms with E-state index in [9.17, 15) is 24.3 Å². The van der Waals surface area contributed by atoms with Crippen LogP contribution in [0.15, 0.2) is 0 Å². The molecule has 4 aliphatic rings. The van der Waals surface area contributed by atoms with Crippen molar-refractivity contribution in [2.75, 3.05) is 60.5 Å². The van der Waals surface area contributed by atoms with Crippen molar-refractivity contribution in [3.63, 3.8) is 0 Å². The van der Waals surface area contributed by atoms with Gasteiger partial charge in [0, 0.05) is 64.8 Å². The number of fused-ring (bicyclic) bond motifs is 1. The van der Waals surface area contributed by atoms with Crippen molar-refractivity contribution in [2.24, 2.45) is 17.8 Å². The van der Waals surface area contributed by atoms with Crippen LogP contribution in [0.1, 0.15) is 74.7 Å². The molecule has 0 bridgehead atoms. The van der Waals surface area contributed by atoms with Crippen LogP contribution in [0.25, 0.3) is 0 Å². The summed E-state index contributed by atoms with van der Waals surface area (Å²) in [6.45, 7) is 18.2. The lowest BCUT2D eigenvalue weighted by Crippen LogP contribution is -2.61. The fraction of sp³-hybridized carbons (Fsp3) is 0.892. The highest BCUT2D eigenvalue weighted by Gasteiger charge is 2.55. The summed E-state index contributed by atoms with van der Waals surface area (Å²) in [6, 6.07) is -1.06. The summed E-state index contributed by atoms with van der Waals surface area (Å²) in [5.74, 6) is -3.11. The molecule has 52 heavy (non-hydrogen) atoms. The number of esters is 1. The van der Waals surface area contributed by atoms with Crippen molar-refractivity contribution in [3.8, 4) is 0 Å². The average molecular weight is 740 g/mol. The van der Waals surface area contributed by atoms with Gasteiger partial charge in [0.25, 0.3) is 0 Å². The van der Waals surface area contributed by atoms with E-state index in [2.05, 4.69) is 22.5 Å². The minimum absolute atomic E-state index is 0.000580. The molecule has 15 nitrogen and oxygen atoms in total. The summed E-state index contributed by atoms with van der Waals surface area (Å²) in [7, 11) is 5.40. The number of likely N-dealkylation sites (N-methyl/N-ethyl adjacent to an activating group) is 1. The van der Waals surface area contributed by atoms with Gasteiger partial charge in [-0.1, -0.05) is 20.8 Å². The van der Waals surface area contributed by atoms with Gasteiger partial charge in [0.2, 0.25) is 5.91 Å². The van der Waals surface area contributed by atoms with E-state index in [1.807, 2.05) is 44.7 Å². The van der Waals surface area contributed by atoms with E-state index >= 15 is 0 Å². The summed E-state index contributed by atoms with van der Waals surface area (Å²) in [6.07, 6.45) is -3.37. The minimum Gasteiger partial charge on any atom is -0.458 e. The van der Waals surface area contributed by atoms with E-state index in [4.69, 9.17) is 23.7 Å². The fourth-order valence-electron chi connectivity index (χ4n) is 8.67. The molecule has 4 fully saturated rings. The highest BCUT2D eigenvalue weighted by atomic mass is 16.7. The monoisotopic (exact) mass is 739 g/mol. The maximum absolute atomic E-state index is 14.3. The van der Waals surface area contributed by atoms with Gasteiger partial charge in [0.05, 0.1) is 23.9 Å². The molecule has 0 radical (unpaired) electrons. The van der Waals surface area contributed by atoms with Gasteiger partial charge >= 0.3 is 12.1 Å². The number of carbonyl (C=O) groups excluding carboxylic acids is 4. The molecule has 15 heteroatoms. The van der Waals surface area contributed by atoms with Gasteiger partial charge in [-0.3, -0.25) is 19.3 Å². The Morgan fingerprint density at radius 1 is 1.08 bits per heavy atom. The predicted molar refractivity (Wildman–Crippen MR) is 192 cm³/mol. The van der Waals surface area contributed by atoms with Gasteiger partial charge in [0.15, 0.2) is 17.7 Å². The molecule has 3 N–H and O–H groups in total. The number of nitrogens with zero attached hydrogens (tertiary/aromatic N) is 3. The van der Waals surface area contributed by atoms with Crippen molar-refractivity contribution in [2.45, 2.75) is 135 Å². The van der Waals surface area contributed by atoms with Crippen molar-refractivity contribution in [1.29, 1.82) is 0 Å². The molecular weight excluding hydrogens is 674 g/mol. The lowest BCUT2D eigenvalue weighted by molar-refractivity contribution is -0.299. The van der Waals surface area contributed by atoms with E-state index in [0.717, 1.165) is 0 Å². The largest absolute Gasteiger partial charge is 0.458 e. The second-order valence-electron chi connectivity index (χ2n) is 16.2. The molecule has 0 aromatic heterocycles. The number of ketones is 1. The first-order chi connectivity index (χ1) is 24.3. The van der Waals surface area contributed by atoms with Crippen LogP contribution in [0.5, 0.6) is 0 Å². The smallest absolute Gasteiger partial charge is 0.408 e. The molecule has 0 saturated carbocycles. The van der Waals surface area contributed by atoms with E-state index < -0.39 is 71.5 Å². The van der Waals surface area contributed by atoms with Gasteiger partial charge in [-0.05, 0) is 73.5 Å². The summed E-state index contributed by atoms with van der Waals surface area (Å²) in [4.78, 5) is 58.5. The first kappa shape index (κ1) is 42.3. The van der Waals surface area contributed by atoms with Gasteiger partial charge in [-0.25, -0.2) is 4.79 Å². The van der Waals surface area contributed by atoms with Crippen molar-refractivity contribution >= 4 is 23.8 Å². The Labute approximate surface area is 309 Å². The quantitative estimate of drug-likeness (QED) is 0.254. The van der Waals surface area contributed by atoms with Gasteiger partial charge in [-0.2, -0.15) is 0 Å². The predicted octanol–water partition coefficient (Wildman–Crippen LogP) is 1.40. The summed E-state index contributed by atoms with van der Waals surface area (Å²) in [5.41, 5.74) is -2.23. The average Bonchev–Trinajstić information content (AvgIpc) is 3.42. The number of aliphatic hydroxyl groups excluding tert-OH is 1. The lowest BCUT2D eigenvalue weighted by atomic mass is 9.78. The molecule has 0 spiro atoms. The molecule has 0 aromatic carbocycles. The Morgan fingerprint density at radius 3 is 2.31 bits per heavy atom. The minimum atomic E-state index is -1.17. The third-order valence-corrected chi connectivity index (χ3v) is 12.0. The zero-order valence-corrected chi connectivity index (χ0v) is 33.2. The molecule has 5 unspecified atom stereocenters. The molecule has 4 saturated heterocycles. The molecule has 0 aliphatic carbocycles. The fourth-order valence-corrected chi connectivity index (χ4v) is 8.67. The van der Waals surface area contributed by atoms with Crippen molar-refractivity contribution in [3.05, 3.63) is 0 Å². The number of carbonyl (C=O) groups is 4. The van der Waals surface area contributed by atoms with E-state index in [0.29, 0.717) is 58.5 Å². The molecule has 0 aromatic rings. The number of ether oxygens (including phenoxy) is 5. The van der Waals surface area contributed by atoms with Crippen LogP contribution in [-0.2, 0) is 38.1 Å². The number of nitrogens with one attached hydrogen (secondary N) is 2. The second-order valence-corrected chi connectivity index (χ2v) is 16.2. The number of cyclic esters (lactones) is 1. The van der Waals surface area contributed by atoms with Crippen molar-refractivity contribution in [1.82, 2.24) is 25.3 Å². The Hall–Kier alpha value is -2.40. The highest BCUT2D eigenvalue weighted by molar-refractivity contribution is 6.00. The standard InChI is InChI=1S/C37H65N5O10/c1-12-28-37(8)31(39-35(47)52-37)24(5)38-19-21(2)18-36(7,48-11)32(22(3)29(44)23(4)33(46)50-28)51-34-30(45)27(40(9)10)17-26(49-34)20-41-13-15-42(16-14-41)25(6)43/h21-24,26-28,30-32,34,38,45H,12-20H2,1-11H3,(H,39,47)/t21-,22+,23?,24-,26?,27?,28-,30?,31-,32-,34?,36-,37-/m1/s1. The molecule has 298 valence electrons. The zero-order chi connectivity index (χ0) is 38.7. The van der Waals surface area contributed by atoms with Crippen LogP contribution in [0.4, 0.5) is 4.79 Å². The number of Topliss-reactive ketones (excluding diaryl/α,β-unsaturated/α-hetero) is 1. The Kier molecular flexibility index (Phi) is 14.2. The molecule has 13 atom stereocenters. The van der Waals surface area contributed by atoms with Crippen LogP contribution >= 0.6 is 0 Å². The Balaban J connectivity index is 1.64. The van der Waals surface area contributed by atoms with Gasteiger partial charge < -0.3 is 49.2 Å². The van der Waals surface area contributed by atoms with E-state index in [1.54, 1.807) is 27.9 Å². The van der Waals surface area contributed by atoms with Crippen molar-refractivity contribution < 1.29 is 48.0 Å². The van der Waals surface area contributed by atoms with Crippen LogP contribution in [0.3, 0.4) is 0 Å². The first-order valence-corrected chi connectivity index (χ1v) is 19.0. The van der Waals surface area contributed by atoms with E-state index in [-0.39, 0.29) is 30.0 Å². The summed E-state index contributed by atoms with van der Waals surface area (Å²) in [5, 5.41) is 18.2. The third-order valence-electron chi connectivity index (χ3n) is 12.0. The number of rotatable bonds is 7. The maximum Gasteiger partial charge on any atom is 0.408 e. The molecule has 2 amide bonds. The summed E-state index contributed by atoms with van der Waals surface area (Å²) >= 11 is 0. The van der Waals surface area contributed by atoms with Crippen LogP contribution in [0.2, 0.25) is 0 Å². The number of hydrogen-bond donors (Lipinski definition) is 3. The third kappa shape index (κ3) is 9.27. The number of alkyl carbamates (subject to hydrolysis) is 1. The van der Waals surface area contributed by atoms with E-state index in [1.165, 1.54) is 6.92 Å². The maximum atomic E-state index is 14.3. The Morgan fingerprint density at radius 2 is 1.73 bits per heavy atom. The summed E-state index contributed by atoms with van der Waals surface area (Å²) < 4.78 is 31.3. The number of amides is 2. The lowest BCUT2D eigenvalue weighted by Gasteiger charge is -2.48. The number of methoxy groups -OCH3 is 1. The normalized spacial score (nSPS) is 41.8. The molecular formula is C37H65N5O10. The van der Waals surface area contributed by atoms with Crippen LogP contribution in [-0.4, -0.2) is 164 Å². The molecule has 4 heterocycles. The van der Waals surface area contributed by atoms with Crippen LogP contribution < -0.4 is 10.6 Å². The van der Waals surface area contributed by atoms with Gasteiger partial charge in [0.1, 0.15) is 18.1 Å². The second kappa shape index (κ2) is 17.4. The highest BCUT2D eigenvalue weighted by Crippen LogP contribution is 2.38.